The molecule has 4 heteroatoms. The second-order valence-corrected chi connectivity index (χ2v) is 7.21. The van der Waals surface area contributed by atoms with E-state index in [1.54, 1.807) is 6.07 Å². The number of hydrogen-bond acceptors (Lipinski definition) is 2. The Morgan fingerprint density at radius 3 is 2.79 bits per heavy atom. The van der Waals surface area contributed by atoms with E-state index in [0.717, 1.165) is 34.3 Å². The molecule has 0 unspecified atom stereocenters. The minimum atomic E-state index is -0.279. The molecule has 1 aliphatic heterocycles. The van der Waals surface area contributed by atoms with Crippen LogP contribution in [0.2, 0.25) is 0 Å². The predicted octanol–water partition coefficient (Wildman–Crippen LogP) is 6.06. The van der Waals surface area contributed by atoms with E-state index in [0.29, 0.717) is 12.4 Å². The van der Waals surface area contributed by atoms with Crippen molar-refractivity contribution in [3.8, 4) is 17.0 Å². The third kappa shape index (κ3) is 2.00. The van der Waals surface area contributed by atoms with Gasteiger partial charge in [0.2, 0.25) is 0 Å². The van der Waals surface area contributed by atoms with Gasteiger partial charge in [0.05, 0.1) is 11.2 Å². The van der Waals surface area contributed by atoms with Crippen molar-refractivity contribution in [1.29, 1.82) is 0 Å². The minimum Gasteiger partial charge on any atom is -0.488 e. The van der Waals surface area contributed by atoms with Gasteiger partial charge in [0.15, 0.2) is 0 Å². The maximum atomic E-state index is 13.8. The SMILES string of the molecule is CCn1c2ccccc2c2c3cc4c(nc3ccc21)-c1cc(F)ccc1OC4. The Bertz CT molecular complexity index is 1420. The summed E-state index contributed by atoms with van der Waals surface area (Å²) in [6, 6.07) is 19.5. The van der Waals surface area contributed by atoms with Crippen LogP contribution in [0.3, 0.4) is 0 Å². The lowest BCUT2D eigenvalue weighted by Gasteiger charge is -2.20. The van der Waals surface area contributed by atoms with E-state index in [9.17, 15) is 4.39 Å². The fourth-order valence-electron chi connectivity index (χ4n) is 4.49. The smallest absolute Gasteiger partial charge is 0.129 e. The first kappa shape index (κ1) is 15.6. The highest BCUT2D eigenvalue weighted by Gasteiger charge is 2.22. The van der Waals surface area contributed by atoms with E-state index in [2.05, 4.69) is 54.0 Å². The number of fused-ring (bicyclic) bond motifs is 8. The van der Waals surface area contributed by atoms with Crippen LogP contribution >= 0.6 is 0 Å². The Morgan fingerprint density at radius 1 is 1.00 bits per heavy atom. The molecule has 0 amide bonds. The molecule has 136 valence electrons. The molecule has 6 rings (SSSR count). The number of rotatable bonds is 1. The molecule has 2 aromatic heterocycles. The van der Waals surface area contributed by atoms with Crippen LogP contribution in [0.15, 0.2) is 60.7 Å². The van der Waals surface area contributed by atoms with Crippen LogP contribution in [-0.2, 0) is 13.2 Å². The van der Waals surface area contributed by atoms with Crippen LogP contribution < -0.4 is 4.74 Å². The molecule has 0 radical (unpaired) electrons. The van der Waals surface area contributed by atoms with Crippen molar-refractivity contribution in [1.82, 2.24) is 9.55 Å². The van der Waals surface area contributed by atoms with Crippen LogP contribution in [-0.4, -0.2) is 9.55 Å². The van der Waals surface area contributed by atoms with Crippen LogP contribution in [0.5, 0.6) is 5.75 Å². The molecule has 0 spiro atoms. The van der Waals surface area contributed by atoms with Gasteiger partial charge in [0, 0.05) is 44.9 Å². The normalized spacial score (nSPS) is 12.9. The number of pyridine rings is 1. The number of aromatic nitrogens is 2. The first-order chi connectivity index (χ1) is 13.7. The quantitative estimate of drug-likeness (QED) is 0.359. The number of nitrogens with zero attached hydrogens (tertiary/aromatic N) is 2. The molecule has 28 heavy (non-hydrogen) atoms. The van der Waals surface area contributed by atoms with E-state index in [1.165, 1.54) is 33.9 Å². The molecule has 3 heterocycles. The monoisotopic (exact) mass is 368 g/mol. The van der Waals surface area contributed by atoms with E-state index < -0.39 is 0 Å². The lowest BCUT2D eigenvalue weighted by molar-refractivity contribution is 0.301. The molecule has 5 aromatic rings. The summed E-state index contributed by atoms with van der Waals surface area (Å²) in [5.41, 5.74) is 5.88. The van der Waals surface area contributed by atoms with Crippen molar-refractivity contribution in [3.05, 3.63) is 72.0 Å². The van der Waals surface area contributed by atoms with Gasteiger partial charge in [-0.1, -0.05) is 18.2 Å². The summed E-state index contributed by atoms with van der Waals surface area (Å²) in [5, 5.41) is 3.56. The van der Waals surface area contributed by atoms with Crippen molar-refractivity contribution in [2.45, 2.75) is 20.1 Å². The number of benzene rings is 3. The molecular weight excluding hydrogens is 351 g/mol. The Labute approximate surface area is 161 Å². The Morgan fingerprint density at radius 2 is 1.89 bits per heavy atom. The van der Waals surface area contributed by atoms with E-state index in [4.69, 9.17) is 9.72 Å². The molecule has 0 bridgehead atoms. The van der Waals surface area contributed by atoms with Crippen molar-refractivity contribution < 1.29 is 9.13 Å². The highest BCUT2D eigenvalue weighted by atomic mass is 19.1. The average molecular weight is 368 g/mol. The van der Waals surface area contributed by atoms with Gasteiger partial charge in [-0.05, 0) is 49.4 Å². The Kier molecular flexibility index (Phi) is 3.10. The zero-order valence-electron chi connectivity index (χ0n) is 15.4. The van der Waals surface area contributed by atoms with Crippen LogP contribution in [0.25, 0.3) is 44.0 Å². The second-order valence-electron chi connectivity index (χ2n) is 7.21. The van der Waals surface area contributed by atoms with Crippen molar-refractivity contribution >= 4 is 32.7 Å². The van der Waals surface area contributed by atoms with Crippen molar-refractivity contribution in [2.75, 3.05) is 0 Å². The summed E-state index contributed by atoms with van der Waals surface area (Å²) in [7, 11) is 0. The minimum absolute atomic E-state index is 0.279. The molecule has 0 fully saturated rings. The molecule has 0 atom stereocenters. The van der Waals surface area contributed by atoms with Gasteiger partial charge in [-0.3, -0.25) is 0 Å². The lowest BCUT2D eigenvalue weighted by atomic mass is 9.98. The van der Waals surface area contributed by atoms with Gasteiger partial charge < -0.3 is 9.30 Å². The van der Waals surface area contributed by atoms with Gasteiger partial charge in [-0.25, -0.2) is 9.37 Å². The molecule has 3 nitrogen and oxygen atoms in total. The topological polar surface area (TPSA) is 27.1 Å². The third-order valence-corrected chi connectivity index (χ3v) is 5.71. The van der Waals surface area contributed by atoms with Gasteiger partial charge >= 0.3 is 0 Å². The van der Waals surface area contributed by atoms with Crippen molar-refractivity contribution in [2.24, 2.45) is 0 Å². The molecule has 0 saturated carbocycles. The zero-order chi connectivity index (χ0) is 18.8. The maximum Gasteiger partial charge on any atom is 0.129 e. The lowest BCUT2D eigenvalue weighted by Crippen LogP contribution is -2.07. The summed E-state index contributed by atoms with van der Waals surface area (Å²) < 4.78 is 22.0. The highest BCUT2D eigenvalue weighted by Crippen LogP contribution is 2.40. The Hall–Kier alpha value is -3.40. The van der Waals surface area contributed by atoms with Crippen LogP contribution in [0.4, 0.5) is 4.39 Å². The molecular formula is C24H17FN2O. The fourth-order valence-corrected chi connectivity index (χ4v) is 4.49. The zero-order valence-corrected chi connectivity index (χ0v) is 15.4. The van der Waals surface area contributed by atoms with Gasteiger partial charge in [0.25, 0.3) is 0 Å². The summed E-state index contributed by atoms with van der Waals surface area (Å²) in [5.74, 6) is 0.406. The number of aryl methyl sites for hydroxylation is 1. The molecule has 0 saturated heterocycles. The summed E-state index contributed by atoms with van der Waals surface area (Å²) in [4.78, 5) is 4.93. The van der Waals surface area contributed by atoms with Crippen molar-refractivity contribution in [3.63, 3.8) is 0 Å². The average Bonchev–Trinajstić information content (AvgIpc) is 3.06. The van der Waals surface area contributed by atoms with E-state index >= 15 is 0 Å². The van der Waals surface area contributed by atoms with Gasteiger partial charge in [-0.15, -0.1) is 0 Å². The summed E-state index contributed by atoms with van der Waals surface area (Å²) >= 11 is 0. The third-order valence-electron chi connectivity index (χ3n) is 5.71. The Balaban J connectivity index is 1.74. The van der Waals surface area contributed by atoms with E-state index in [1.807, 2.05) is 0 Å². The number of hydrogen-bond donors (Lipinski definition) is 0. The van der Waals surface area contributed by atoms with Gasteiger partial charge in [-0.2, -0.15) is 0 Å². The molecule has 0 N–H and O–H groups in total. The standard InChI is InChI=1S/C24H17FN2O/c1-2-27-20-6-4-3-5-16(20)23-17-11-14-13-28-22-10-7-15(25)12-18(22)24(14)26-19(17)8-9-21(23)27/h3-12H,2,13H2,1H3. The second kappa shape index (κ2) is 5.55. The molecule has 0 aliphatic carbocycles. The molecule has 3 aromatic carbocycles. The summed E-state index contributed by atoms with van der Waals surface area (Å²) in [6.07, 6.45) is 0. The first-order valence-corrected chi connectivity index (χ1v) is 9.51. The summed E-state index contributed by atoms with van der Waals surface area (Å²) in [6.45, 7) is 3.52. The number of ether oxygens (including phenoxy) is 1. The highest BCUT2D eigenvalue weighted by molar-refractivity contribution is 6.20. The van der Waals surface area contributed by atoms with E-state index in [-0.39, 0.29) is 5.82 Å². The number of para-hydroxylation sites is 1. The predicted molar refractivity (Wildman–Crippen MR) is 110 cm³/mol. The number of halogens is 1. The first-order valence-electron chi connectivity index (χ1n) is 9.51. The van der Waals surface area contributed by atoms with Crippen LogP contribution in [0.1, 0.15) is 12.5 Å². The fraction of sp³-hybridized carbons (Fsp3) is 0.125. The van der Waals surface area contributed by atoms with Crippen LogP contribution in [0, 0.1) is 5.82 Å². The molecule has 1 aliphatic rings. The maximum absolute atomic E-state index is 13.8. The largest absolute Gasteiger partial charge is 0.488 e. The van der Waals surface area contributed by atoms with Gasteiger partial charge in [0.1, 0.15) is 18.2 Å².